The molecule has 1 aromatic carbocycles. The number of aryl methyl sites for hydroxylation is 1. The molecule has 1 aliphatic carbocycles. The third-order valence-electron chi connectivity index (χ3n) is 4.37. The van der Waals surface area contributed by atoms with Gasteiger partial charge in [-0.25, -0.2) is 0 Å². The highest BCUT2D eigenvalue weighted by molar-refractivity contribution is 5.88. The molecule has 0 aliphatic heterocycles. The molecule has 0 saturated carbocycles. The first kappa shape index (κ1) is 12.7. The Kier molecular flexibility index (Phi) is 2.94. The van der Waals surface area contributed by atoms with Crippen molar-refractivity contribution in [3.8, 4) is 0 Å². The van der Waals surface area contributed by atoms with Gasteiger partial charge < -0.3 is 10.3 Å². The van der Waals surface area contributed by atoms with E-state index >= 15 is 0 Å². The fraction of sp³-hybridized carbons (Fsp3) is 0.529. The SMILES string of the molecule is CCNC1CC(C)(C)Cc2[nH]c3c(C)cccc3c21. The Morgan fingerprint density at radius 2 is 2.16 bits per heavy atom. The standard InChI is InChI=1S/C17H24N2/c1-5-18-13-9-17(3,4)10-14-15(13)12-8-6-7-11(2)16(12)19-14/h6-8,13,18-19H,5,9-10H2,1-4H3. The summed E-state index contributed by atoms with van der Waals surface area (Å²) in [6.07, 6.45) is 2.37. The molecule has 0 saturated heterocycles. The second kappa shape index (κ2) is 4.38. The molecule has 0 radical (unpaired) electrons. The molecule has 1 heterocycles. The lowest BCUT2D eigenvalue weighted by Crippen LogP contribution is -2.33. The Hall–Kier alpha value is -1.28. The molecule has 2 N–H and O–H groups in total. The van der Waals surface area contributed by atoms with Crippen LogP contribution in [0, 0.1) is 12.3 Å². The summed E-state index contributed by atoms with van der Waals surface area (Å²) in [5, 5.41) is 5.09. The minimum Gasteiger partial charge on any atom is -0.358 e. The lowest BCUT2D eigenvalue weighted by molar-refractivity contribution is 0.259. The van der Waals surface area contributed by atoms with E-state index in [2.05, 4.69) is 56.2 Å². The zero-order valence-corrected chi connectivity index (χ0v) is 12.4. The summed E-state index contributed by atoms with van der Waals surface area (Å²) in [7, 11) is 0. The fourth-order valence-electron chi connectivity index (χ4n) is 3.60. The molecule has 2 aromatic rings. The Bertz CT molecular complexity index is 607. The van der Waals surface area contributed by atoms with Crippen LogP contribution in [0.1, 0.15) is 50.1 Å². The second-order valence-electron chi connectivity index (χ2n) is 6.67. The Labute approximate surface area is 115 Å². The molecular formula is C17H24N2. The van der Waals surface area contributed by atoms with Gasteiger partial charge in [-0.15, -0.1) is 0 Å². The van der Waals surface area contributed by atoms with Crippen LogP contribution >= 0.6 is 0 Å². The summed E-state index contributed by atoms with van der Waals surface area (Å²) >= 11 is 0. The van der Waals surface area contributed by atoms with Crippen molar-refractivity contribution in [1.29, 1.82) is 0 Å². The second-order valence-corrected chi connectivity index (χ2v) is 6.67. The molecular weight excluding hydrogens is 232 g/mol. The third-order valence-corrected chi connectivity index (χ3v) is 4.37. The molecule has 0 spiro atoms. The molecule has 2 heteroatoms. The smallest absolute Gasteiger partial charge is 0.0489 e. The minimum atomic E-state index is 0.370. The Morgan fingerprint density at radius 3 is 2.89 bits per heavy atom. The first-order valence-electron chi connectivity index (χ1n) is 7.35. The van der Waals surface area contributed by atoms with Crippen molar-refractivity contribution in [3.63, 3.8) is 0 Å². The highest BCUT2D eigenvalue weighted by Gasteiger charge is 2.34. The van der Waals surface area contributed by atoms with Crippen molar-refractivity contribution < 1.29 is 0 Å². The lowest BCUT2D eigenvalue weighted by Gasteiger charge is -2.35. The molecule has 19 heavy (non-hydrogen) atoms. The molecule has 0 fully saturated rings. The first-order valence-corrected chi connectivity index (χ1v) is 7.35. The number of aromatic amines is 1. The molecule has 3 rings (SSSR count). The maximum atomic E-state index is 3.69. The van der Waals surface area contributed by atoms with Gasteiger partial charge in [0.05, 0.1) is 0 Å². The number of hydrogen-bond acceptors (Lipinski definition) is 1. The number of benzene rings is 1. The Balaban J connectivity index is 2.21. The maximum Gasteiger partial charge on any atom is 0.0489 e. The molecule has 1 unspecified atom stereocenters. The van der Waals surface area contributed by atoms with E-state index in [4.69, 9.17) is 0 Å². The zero-order chi connectivity index (χ0) is 13.6. The average Bonchev–Trinajstić information content (AvgIpc) is 2.67. The number of rotatable bonds is 2. The van der Waals surface area contributed by atoms with E-state index in [0.717, 1.165) is 13.0 Å². The summed E-state index contributed by atoms with van der Waals surface area (Å²) in [6, 6.07) is 7.12. The van der Waals surface area contributed by atoms with Crippen LogP contribution in [-0.4, -0.2) is 11.5 Å². The summed E-state index contributed by atoms with van der Waals surface area (Å²) in [4.78, 5) is 3.69. The number of fused-ring (bicyclic) bond motifs is 3. The molecule has 1 aromatic heterocycles. The van der Waals surface area contributed by atoms with E-state index in [-0.39, 0.29) is 0 Å². The van der Waals surface area contributed by atoms with Gasteiger partial charge in [0, 0.05) is 22.6 Å². The van der Waals surface area contributed by atoms with Gasteiger partial charge in [0.15, 0.2) is 0 Å². The molecule has 0 amide bonds. The molecule has 1 atom stereocenters. The van der Waals surface area contributed by atoms with Crippen LogP contribution in [0.15, 0.2) is 18.2 Å². The monoisotopic (exact) mass is 256 g/mol. The van der Waals surface area contributed by atoms with Crippen molar-refractivity contribution in [3.05, 3.63) is 35.0 Å². The van der Waals surface area contributed by atoms with E-state index in [1.54, 1.807) is 0 Å². The minimum absolute atomic E-state index is 0.370. The van der Waals surface area contributed by atoms with Gasteiger partial charge in [-0.2, -0.15) is 0 Å². The maximum absolute atomic E-state index is 3.69. The van der Waals surface area contributed by atoms with Gasteiger partial charge in [-0.1, -0.05) is 39.0 Å². The van der Waals surface area contributed by atoms with Gasteiger partial charge in [-0.3, -0.25) is 0 Å². The van der Waals surface area contributed by atoms with Crippen LogP contribution in [0.4, 0.5) is 0 Å². The predicted molar refractivity (Wildman–Crippen MR) is 81.6 cm³/mol. The predicted octanol–water partition coefficient (Wildman–Crippen LogP) is 4.10. The largest absolute Gasteiger partial charge is 0.358 e. The third kappa shape index (κ3) is 2.08. The van der Waals surface area contributed by atoms with Gasteiger partial charge in [0.1, 0.15) is 0 Å². The van der Waals surface area contributed by atoms with E-state index in [1.165, 1.54) is 34.1 Å². The van der Waals surface area contributed by atoms with Crippen LogP contribution in [0.5, 0.6) is 0 Å². The van der Waals surface area contributed by atoms with Crippen LogP contribution < -0.4 is 5.32 Å². The van der Waals surface area contributed by atoms with Crippen LogP contribution in [0.3, 0.4) is 0 Å². The van der Waals surface area contributed by atoms with Crippen LogP contribution in [-0.2, 0) is 6.42 Å². The van der Waals surface area contributed by atoms with E-state index < -0.39 is 0 Å². The quantitative estimate of drug-likeness (QED) is 0.832. The fourth-order valence-corrected chi connectivity index (χ4v) is 3.60. The number of aromatic nitrogens is 1. The number of nitrogens with one attached hydrogen (secondary N) is 2. The van der Waals surface area contributed by atoms with Crippen LogP contribution in [0.25, 0.3) is 10.9 Å². The normalized spacial score (nSPS) is 21.6. The van der Waals surface area contributed by atoms with Crippen molar-refractivity contribution in [1.82, 2.24) is 10.3 Å². The van der Waals surface area contributed by atoms with Gasteiger partial charge in [-0.05, 0) is 42.9 Å². The number of H-pyrrole nitrogens is 1. The molecule has 0 bridgehead atoms. The zero-order valence-electron chi connectivity index (χ0n) is 12.4. The Morgan fingerprint density at radius 1 is 1.37 bits per heavy atom. The van der Waals surface area contributed by atoms with E-state index in [0.29, 0.717) is 11.5 Å². The molecule has 2 nitrogen and oxygen atoms in total. The van der Waals surface area contributed by atoms with Crippen molar-refractivity contribution in [2.24, 2.45) is 5.41 Å². The van der Waals surface area contributed by atoms with Crippen molar-refractivity contribution in [2.45, 2.75) is 46.6 Å². The summed E-state index contributed by atoms with van der Waals surface area (Å²) in [5.41, 5.74) is 5.99. The summed E-state index contributed by atoms with van der Waals surface area (Å²) < 4.78 is 0. The van der Waals surface area contributed by atoms with E-state index in [1.807, 2.05) is 0 Å². The average molecular weight is 256 g/mol. The number of para-hydroxylation sites is 1. The van der Waals surface area contributed by atoms with Gasteiger partial charge >= 0.3 is 0 Å². The first-order chi connectivity index (χ1) is 9.02. The number of hydrogen-bond donors (Lipinski definition) is 2. The van der Waals surface area contributed by atoms with Crippen molar-refractivity contribution >= 4 is 10.9 Å². The van der Waals surface area contributed by atoms with Crippen molar-refractivity contribution in [2.75, 3.05) is 6.54 Å². The van der Waals surface area contributed by atoms with Gasteiger partial charge in [0.2, 0.25) is 0 Å². The highest BCUT2D eigenvalue weighted by Crippen LogP contribution is 2.43. The summed E-state index contributed by atoms with van der Waals surface area (Å²) in [6.45, 7) is 10.2. The highest BCUT2D eigenvalue weighted by atomic mass is 14.9. The van der Waals surface area contributed by atoms with Gasteiger partial charge in [0.25, 0.3) is 0 Å². The lowest BCUT2D eigenvalue weighted by atomic mass is 9.74. The van der Waals surface area contributed by atoms with E-state index in [9.17, 15) is 0 Å². The topological polar surface area (TPSA) is 27.8 Å². The molecule has 1 aliphatic rings. The molecule has 102 valence electrons. The summed E-state index contributed by atoms with van der Waals surface area (Å²) in [5.74, 6) is 0. The van der Waals surface area contributed by atoms with Crippen LogP contribution in [0.2, 0.25) is 0 Å².